The highest BCUT2D eigenvalue weighted by molar-refractivity contribution is 9.11. The van der Waals surface area contributed by atoms with Crippen molar-refractivity contribution < 1.29 is 19.5 Å². The van der Waals surface area contributed by atoms with Gasteiger partial charge in [-0.2, -0.15) is 0 Å². The Hall–Kier alpha value is -4.31. The zero-order valence-corrected chi connectivity index (χ0v) is 34.4. The zero-order valence-electron chi connectivity index (χ0n) is 31.2. The largest absolute Gasteiger partial charge is 0.506 e. The number of likely N-dealkylation sites (tertiary alicyclic amines) is 1. The Bertz CT molecular complexity index is 2070. The van der Waals surface area contributed by atoms with Crippen LogP contribution in [0.4, 0.5) is 10.5 Å². The third kappa shape index (κ3) is 8.96. The number of halogens is 2. The highest BCUT2D eigenvalue weighted by Gasteiger charge is 2.43. The summed E-state index contributed by atoms with van der Waals surface area (Å²) in [4.78, 5) is 71.6. The van der Waals surface area contributed by atoms with Crippen LogP contribution < -0.4 is 21.5 Å². The number of hydrogen-bond donors (Lipinski definition) is 4. The maximum Gasteiger partial charge on any atom is 0.327 e. The molecule has 4 amide bonds. The van der Waals surface area contributed by atoms with Gasteiger partial charge in [0.2, 0.25) is 11.8 Å². The number of carbonyl (C=O) groups excluding carboxylic acids is 3. The summed E-state index contributed by atoms with van der Waals surface area (Å²) in [7, 11) is 0. The quantitative estimate of drug-likeness (QED) is 0.182. The molecule has 0 unspecified atom stereocenters. The number of para-hydroxylation sites is 1. The number of fused-ring (bicyclic) bond motifs is 1. The molecule has 3 aliphatic rings. The van der Waals surface area contributed by atoms with E-state index in [9.17, 15) is 24.3 Å². The molecule has 0 aliphatic carbocycles. The minimum Gasteiger partial charge on any atom is -0.506 e. The molecule has 2 aromatic heterocycles. The lowest BCUT2D eigenvalue weighted by atomic mass is 9.88. The van der Waals surface area contributed by atoms with Crippen LogP contribution in [0.25, 0.3) is 10.9 Å². The number of benzene rings is 2. The summed E-state index contributed by atoms with van der Waals surface area (Å²) in [6.45, 7) is 4.29. The van der Waals surface area contributed by atoms with Crippen LogP contribution in [0.5, 0.6) is 5.75 Å². The standard InChI is InChI=1S/C41H48Br2N8O5/c42-32-21-27(22-33(43)37(32)52)23-34(44)39(54)51(41(56)50-15-9-28(10-16-50)31-25-29-3-1-2-4-35(29)47-38(31)53)36(24-26-5-11-45-12-6-26)40(55)49-19-17-48(18-20-49)30-7-13-46-14-8-30/h1-4,7-8,13-14,21-22,25-26,28,34,36,45,52H,5-6,9-12,15-20,23-24,44H2,(H,47,53)/t34-,36-/m0/s1. The second kappa shape index (κ2) is 17.9. The van der Waals surface area contributed by atoms with Crippen LogP contribution in [0.2, 0.25) is 0 Å². The molecular weight excluding hydrogens is 844 g/mol. The molecule has 4 aromatic rings. The average molecular weight is 893 g/mol. The number of nitrogens with two attached hydrogens (primary N) is 1. The molecule has 7 rings (SSSR count). The van der Waals surface area contributed by atoms with E-state index in [0.717, 1.165) is 42.5 Å². The van der Waals surface area contributed by atoms with Gasteiger partial charge in [0, 0.05) is 68.4 Å². The number of pyridine rings is 2. The van der Waals surface area contributed by atoms with Crippen molar-refractivity contribution in [1.29, 1.82) is 0 Å². The molecule has 15 heteroatoms. The van der Waals surface area contributed by atoms with Gasteiger partial charge in [-0.05, 0) is 143 Å². The minimum atomic E-state index is -1.15. The van der Waals surface area contributed by atoms with Gasteiger partial charge in [0.05, 0.1) is 15.0 Å². The predicted octanol–water partition coefficient (Wildman–Crippen LogP) is 4.96. The Morgan fingerprint density at radius 3 is 2.23 bits per heavy atom. The maximum absolute atomic E-state index is 14.9. The number of aromatic hydroxyl groups is 1. The van der Waals surface area contributed by atoms with Crippen LogP contribution in [-0.2, 0) is 16.0 Å². The number of nitrogens with one attached hydrogen (secondary N) is 2. The van der Waals surface area contributed by atoms with E-state index in [2.05, 4.69) is 52.0 Å². The second-order valence-electron chi connectivity index (χ2n) is 15.1. The number of H-pyrrole nitrogens is 1. The van der Waals surface area contributed by atoms with Crippen molar-refractivity contribution in [3.05, 3.63) is 97.4 Å². The molecule has 296 valence electrons. The number of hydrogen-bond acceptors (Lipinski definition) is 9. The number of aromatic amines is 1. The number of nitrogens with zero attached hydrogens (tertiary/aromatic N) is 5. The zero-order chi connectivity index (χ0) is 39.3. The molecule has 3 aliphatic heterocycles. The van der Waals surface area contributed by atoms with E-state index in [1.807, 2.05) is 42.5 Å². The molecule has 2 aromatic carbocycles. The third-order valence-corrected chi connectivity index (χ3v) is 12.7. The van der Waals surface area contributed by atoms with Crippen LogP contribution in [0.1, 0.15) is 49.1 Å². The number of piperazine rings is 1. The van der Waals surface area contributed by atoms with E-state index in [0.29, 0.717) is 78.6 Å². The van der Waals surface area contributed by atoms with Crippen LogP contribution in [0.15, 0.2) is 80.7 Å². The number of imide groups is 1. The van der Waals surface area contributed by atoms with Gasteiger partial charge < -0.3 is 35.8 Å². The average Bonchev–Trinajstić information content (AvgIpc) is 3.22. The Kier molecular flexibility index (Phi) is 12.7. The monoisotopic (exact) mass is 890 g/mol. The molecule has 5 N–H and O–H groups in total. The van der Waals surface area contributed by atoms with Crippen LogP contribution in [0, 0.1) is 5.92 Å². The summed E-state index contributed by atoms with van der Waals surface area (Å²) in [5.74, 6) is -0.798. The Labute approximate surface area is 342 Å². The summed E-state index contributed by atoms with van der Waals surface area (Å²) >= 11 is 6.73. The number of aromatic nitrogens is 2. The van der Waals surface area contributed by atoms with E-state index in [4.69, 9.17) is 5.73 Å². The lowest BCUT2D eigenvalue weighted by Crippen LogP contribution is -2.62. The van der Waals surface area contributed by atoms with Crippen molar-refractivity contribution in [3.63, 3.8) is 0 Å². The smallest absolute Gasteiger partial charge is 0.327 e. The fraction of sp³-hybridized carbons (Fsp3) is 0.439. The number of rotatable bonds is 9. The van der Waals surface area contributed by atoms with Crippen LogP contribution in [-0.4, -0.2) is 112 Å². The molecule has 0 radical (unpaired) electrons. The minimum absolute atomic E-state index is 0.0243. The Morgan fingerprint density at radius 1 is 0.893 bits per heavy atom. The topological polar surface area (TPSA) is 168 Å². The van der Waals surface area contributed by atoms with Crippen molar-refractivity contribution in [2.75, 3.05) is 57.3 Å². The molecule has 56 heavy (non-hydrogen) atoms. The van der Waals surface area contributed by atoms with Crippen molar-refractivity contribution in [2.45, 2.75) is 56.5 Å². The van der Waals surface area contributed by atoms with Crippen molar-refractivity contribution in [3.8, 4) is 5.75 Å². The lowest BCUT2D eigenvalue weighted by molar-refractivity contribution is -0.145. The summed E-state index contributed by atoms with van der Waals surface area (Å²) < 4.78 is 0.875. The van der Waals surface area contributed by atoms with Gasteiger partial charge in [-0.25, -0.2) is 4.79 Å². The fourth-order valence-corrected chi connectivity index (χ4v) is 9.62. The maximum atomic E-state index is 14.9. The van der Waals surface area contributed by atoms with Gasteiger partial charge in [0.25, 0.3) is 5.56 Å². The first-order chi connectivity index (χ1) is 27.1. The molecular formula is C41H48Br2N8O5. The van der Waals surface area contributed by atoms with Crippen molar-refractivity contribution in [2.24, 2.45) is 11.7 Å². The van der Waals surface area contributed by atoms with E-state index in [-0.39, 0.29) is 35.5 Å². The molecule has 0 bridgehead atoms. The normalized spacial score (nSPS) is 18.2. The van der Waals surface area contributed by atoms with E-state index in [1.54, 1.807) is 34.3 Å². The number of anilines is 1. The Balaban J connectivity index is 1.16. The third-order valence-electron chi connectivity index (χ3n) is 11.5. The van der Waals surface area contributed by atoms with Gasteiger partial charge in [-0.3, -0.25) is 24.3 Å². The summed E-state index contributed by atoms with van der Waals surface area (Å²) in [6.07, 6.45) is 6.62. The number of urea groups is 1. The number of phenolic OH excluding ortho intramolecular Hbond substituents is 1. The van der Waals surface area contributed by atoms with Gasteiger partial charge in [-0.15, -0.1) is 0 Å². The van der Waals surface area contributed by atoms with Crippen molar-refractivity contribution in [1.82, 2.24) is 30.0 Å². The van der Waals surface area contributed by atoms with E-state index >= 15 is 0 Å². The van der Waals surface area contributed by atoms with E-state index in [1.165, 1.54) is 4.90 Å². The molecule has 0 saturated carbocycles. The molecule has 13 nitrogen and oxygen atoms in total. The highest BCUT2D eigenvalue weighted by atomic mass is 79.9. The fourth-order valence-electron chi connectivity index (χ4n) is 8.34. The van der Waals surface area contributed by atoms with Gasteiger partial charge in [-0.1, -0.05) is 18.2 Å². The van der Waals surface area contributed by atoms with Crippen LogP contribution >= 0.6 is 31.9 Å². The first-order valence-electron chi connectivity index (χ1n) is 19.4. The molecule has 3 fully saturated rings. The second-order valence-corrected chi connectivity index (χ2v) is 16.8. The molecule has 2 atom stereocenters. The SMILES string of the molecule is N[C@@H](Cc1cc(Br)c(O)c(Br)c1)C(=O)N(C(=O)N1CCC(c2cc3ccccc3[nH]c2=O)CC1)[C@@H](CC1CCNCC1)C(=O)N1CCN(c2ccncc2)CC1. The summed E-state index contributed by atoms with van der Waals surface area (Å²) in [5, 5.41) is 14.6. The summed E-state index contributed by atoms with van der Waals surface area (Å²) in [5.41, 5.74) is 9.72. The predicted molar refractivity (Wildman–Crippen MR) is 223 cm³/mol. The molecule has 3 saturated heterocycles. The van der Waals surface area contributed by atoms with Gasteiger partial charge >= 0.3 is 6.03 Å². The van der Waals surface area contributed by atoms with E-state index < -0.39 is 24.0 Å². The Morgan fingerprint density at radius 2 is 1.55 bits per heavy atom. The highest BCUT2D eigenvalue weighted by Crippen LogP contribution is 2.34. The molecule has 0 spiro atoms. The van der Waals surface area contributed by atoms with Gasteiger partial charge in [0.15, 0.2) is 0 Å². The molecule has 5 heterocycles. The first kappa shape index (κ1) is 39.9. The lowest BCUT2D eigenvalue weighted by Gasteiger charge is -2.42. The number of carbonyl (C=O) groups is 3. The summed E-state index contributed by atoms with van der Waals surface area (Å²) in [6, 6.07) is 14.1. The number of amides is 4. The first-order valence-corrected chi connectivity index (χ1v) is 21.0. The van der Waals surface area contributed by atoms with Gasteiger partial charge in [0.1, 0.15) is 11.8 Å². The number of piperidine rings is 2. The van der Waals surface area contributed by atoms with Crippen molar-refractivity contribution >= 4 is 66.3 Å². The number of phenols is 1. The van der Waals surface area contributed by atoms with Crippen LogP contribution in [0.3, 0.4) is 0 Å².